The number of aromatic amines is 1. The number of anilines is 1. The van der Waals surface area contributed by atoms with Crippen LogP contribution in [-0.4, -0.2) is 22.1 Å². The Morgan fingerprint density at radius 3 is 3.21 bits per heavy atom. The highest BCUT2D eigenvalue weighted by Crippen LogP contribution is 2.34. The van der Waals surface area contributed by atoms with Crippen molar-refractivity contribution in [2.75, 3.05) is 5.73 Å². The molecule has 0 bridgehead atoms. The van der Waals surface area contributed by atoms with Crippen LogP contribution >= 0.6 is 0 Å². The van der Waals surface area contributed by atoms with Crippen LogP contribution in [0.1, 0.15) is 36.7 Å². The maximum absolute atomic E-state index is 12.2. The van der Waals surface area contributed by atoms with Crippen molar-refractivity contribution in [3.63, 3.8) is 0 Å². The van der Waals surface area contributed by atoms with Crippen LogP contribution in [0.25, 0.3) is 10.9 Å². The lowest BCUT2D eigenvalue weighted by atomic mass is 10.2. The molecule has 3 rings (SSSR count). The van der Waals surface area contributed by atoms with E-state index in [2.05, 4.69) is 22.4 Å². The van der Waals surface area contributed by atoms with Crippen LogP contribution in [0.15, 0.2) is 18.2 Å². The van der Waals surface area contributed by atoms with Gasteiger partial charge in [-0.1, -0.05) is 13.3 Å². The standard InChI is InChI=1S/C14H18N4O/c1-2-3-8-6-12(8)16-14(19)13-10-7-9(15)4-5-11(10)17-18-13/h4-5,7-8,12H,2-3,6,15H2,1H3,(H,16,19)(H,17,18). The summed E-state index contributed by atoms with van der Waals surface area (Å²) in [7, 11) is 0. The van der Waals surface area contributed by atoms with Gasteiger partial charge in [0.2, 0.25) is 0 Å². The van der Waals surface area contributed by atoms with E-state index in [0.29, 0.717) is 23.3 Å². The third kappa shape index (κ3) is 2.28. The molecule has 2 aromatic rings. The van der Waals surface area contributed by atoms with Crippen LogP contribution in [0.4, 0.5) is 5.69 Å². The molecule has 19 heavy (non-hydrogen) atoms. The Morgan fingerprint density at radius 1 is 1.58 bits per heavy atom. The number of carbonyl (C=O) groups excluding carboxylic acids is 1. The third-order valence-corrected chi connectivity index (χ3v) is 3.70. The molecule has 0 aliphatic heterocycles. The minimum absolute atomic E-state index is 0.111. The molecule has 2 unspecified atom stereocenters. The maximum atomic E-state index is 12.2. The van der Waals surface area contributed by atoms with E-state index in [4.69, 9.17) is 5.73 Å². The molecule has 5 nitrogen and oxygen atoms in total. The molecule has 1 aromatic heterocycles. The van der Waals surface area contributed by atoms with E-state index in [1.54, 1.807) is 12.1 Å². The Kier molecular flexibility index (Phi) is 2.89. The summed E-state index contributed by atoms with van der Waals surface area (Å²) in [5.41, 5.74) is 7.66. The van der Waals surface area contributed by atoms with Crippen molar-refractivity contribution in [1.82, 2.24) is 15.5 Å². The number of aromatic nitrogens is 2. The van der Waals surface area contributed by atoms with Gasteiger partial charge < -0.3 is 11.1 Å². The van der Waals surface area contributed by atoms with E-state index < -0.39 is 0 Å². The highest BCUT2D eigenvalue weighted by atomic mass is 16.2. The molecule has 1 aromatic carbocycles. The van der Waals surface area contributed by atoms with Crippen molar-refractivity contribution in [2.45, 2.75) is 32.2 Å². The monoisotopic (exact) mass is 258 g/mol. The molecule has 0 saturated heterocycles. The van der Waals surface area contributed by atoms with Crippen LogP contribution < -0.4 is 11.1 Å². The summed E-state index contributed by atoms with van der Waals surface area (Å²) in [5, 5.41) is 10.8. The third-order valence-electron chi connectivity index (χ3n) is 3.70. The number of nitrogens with zero attached hydrogens (tertiary/aromatic N) is 1. The number of nitrogens with two attached hydrogens (primary N) is 1. The molecular formula is C14H18N4O. The number of fused-ring (bicyclic) bond motifs is 1. The molecule has 1 fully saturated rings. The van der Waals surface area contributed by atoms with Crippen molar-refractivity contribution in [2.24, 2.45) is 5.92 Å². The molecule has 5 heteroatoms. The normalized spacial score (nSPS) is 21.5. The fourth-order valence-corrected chi connectivity index (χ4v) is 2.56. The summed E-state index contributed by atoms with van der Waals surface area (Å²) in [5.74, 6) is 0.532. The van der Waals surface area contributed by atoms with Gasteiger partial charge in [0.1, 0.15) is 0 Å². The van der Waals surface area contributed by atoms with Gasteiger partial charge in [0.15, 0.2) is 5.69 Å². The van der Waals surface area contributed by atoms with Crippen LogP contribution in [-0.2, 0) is 0 Å². The van der Waals surface area contributed by atoms with E-state index in [9.17, 15) is 4.79 Å². The number of nitrogens with one attached hydrogen (secondary N) is 2. The molecule has 0 spiro atoms. The van der Waals surface area contributed by atoms with Crippen molar-refractivity contribution in [3.05, 3.63) is 23.9 Å². The number of benzene rings is 1. The summed E-state index contributed by atoms with van der Waals surface area (Å²) in [4.78, 5) is 12.2. The van der Waals surface area contributed by atoms with Gasteiger partial charge in [-0.15, -0.1) is 0 Å². The van der Waals surface area contributed by atoms with E-state index >= 15 is 0 Å². The summed E-state index contributed by atoms with van der Waals surface area (Å²) >= 11 is 0. The molecule has 1 saturated carbocycles. The lowest BCUT2D eigenvalue weighted by Gasteiger charge is -2.02. The van der Waals surface area contributed by atoms with Crippen molar-refractivity contribution >= 4 is 22.5 Å². The average Bonchev–Trinajstić information content (AvgIpc) is 2.97. The fraction of sp³-hybridized carbons (Fsp3) is 0.429. The summed E-state index contributed by atoms with van der Waals surface area (Å²) in [6.07, 6.45) is 3.43. The zero-order valence-corrected chi connectivity index (χ0v) is 10.9. The number of hydrogen-bond acceptors (Lipinski definition) is 3. The predicted molar refractivity (Wildman–Crippen MR) is 74.8 cm³/mol. The molecule has 1 amide bonds. The van der Waals surface area contributed by atoms with Gasteiger partial charge in [0.25, 0.3) is 5.91 Å². The van der Waals surface area contributed by atoms with Crippen LogP contribution in [0.2, 0.25) is 0 Å². The summed E-state index contributed by atoms with van der Waals surface area (Å²) < 4.78 is 0. The van der Waals surface area contributed by atoms with Gasteiger partial charge in [0.05, 0.1) is 5.52 Å². The molecule has 100 valence electrons. The predicted octanol–water partition coefficient (Wildman–Crippen LogP) is 2.06. The fourth-order valence-electron chi connectivity index (χ4n) is 2.56. The zero-order chi connectivity index (χ0) is 13.4. The van der Waals surface area contributed by atoms with Gasteiger partial charge in [-0.25, -0.2) is 0 Å². The van der Waals surface area contributed by atoms with Crippen LogP contribution in [0.5, 0.6) is 0 Å². The largest absolute Gasteiger partial charge is 0.399 e. The molecule has 2 atom stereocenters. The highest BCUT2D eigenvalue weighted by Gasteiger charge is 2.37. The summed E-state index contributed by atoms with van der Waals surface area (Å²) in [6, 6.07) is 5.73. The zero-order valence-electron chi connectivity index (χ0n) is 10.9. The van der Waals surface area contributed by atoms with Gasteiger partial charge in [0, 0.05) is 17.1 Å². The Morgan fingerprint density at radius 2 is 2.42 bits per heavy atom. The summed E-state index contributed by atoms with van der Waals surface area (Å²) in [6.45, 7) is 2.17. The van der Waals surface area contributed by atoms with E-state index in [0.717, 1.165) is 17.3 Å². The molecule has 4 N–H and O–H groups in total. The molecule has 1 aliphatic carbocycles. The van der Waals surface area contributed by atoms with Gasteiger partial charge in [-0.2, -0.15) is 5.10 Å². The second-order valence-corrected chi connectivity index (χ2v) is 5.24. The smallest absolute Gasteiger partial charge is 0.272 e. The second-order valence-electron chi connectivity index (χ2n) is 5.24. The lowest BCUT2D eigenvalue weighted by Crippen LogP contribution is -2.27. The number of amides is 1. The Labute approximate surface area is 111 Å². The number of H-pyrrole nitrogens is 1. The van der Waals surface area contributed by atoms with Gasteiger partial charge >= 0.3 is 0 Å². The minimum atomic E-state index is -0.111. The first-order valence-electron chi connectivity index (χ1n) is 6.73. The Bertz CT molecular complexity index is 619. The first-order valence-corrected chi connectivity index (χ1v) is 6.73. The second kappa shape index (κ2) is 4.57. The lowest BCUT2D eigenvalue weighted by molar-refractivity contribution is 0.0945. The minimum Gasteiger partial charge on any atom is -0.399 e. The van der Waals surface area contributed by atoms with Crippen molar-refractivity contribution < 1.29 is 4.79 Å². The highest BCUT2D eigenvalue weighted by molar-refractivity contribution is 6.05. The number of rotatable bonds is 4. The van der Waals surface area contributed by atoms with Crippen molar-refractivity contribution in [1.29, 1.82) is 0 Å². The average molecular weight is 258 g/mol. The van der Waals surface area contributed by atoms with Crippen LogP contribution in [0.3, 0.4) is 0 Å². The Hall–Kier alpha value is -2.04. The number of nitrogen functional groups attached to an aromatic ring is 1. The Balaban J connectivity index is 1.77. The SMILES string of the molecule is CCCC1CC1NC(=O)c1n[nH]c2ccc(N)cc12. The molecular weight excluding hydrogens is 240 g/mol. The topological polar surface area (TPSA) is 83.8 Å². The van der Waals surface area contributed by atoms with E-state index in [-0.39, 0.29) is 5.91 Å². The number of hydrogen-bond donors (Lipinski definition) is 3. The van der Waals surface area contributed by atoms with Crippen molar-refractivity contribution in [3.8, 4) is 0 Å². The van der Waals surface area contributed by atoms with E-state index in [1.165, 1.54) is 12.8 Å². The first kappa shape index (κ1) is 12.0. The number of carbonyl (C=O) groups is 1. The molecule has 1 heterocycles. The first-order chi connectivity index (χ1) is 9.19. The van der Waals surface area contributed by atoms with Gasteiger partial charge in [-0.05, 0) is 37.0 Å². The maximum Gasteiger partial charge on any atom is 0.272 e. The molecule has 0 radical (unpaired) electrons. The molecule has 1 aliphatic rings. The van der Waals surface area contributed by atoms with Crippen LogP contribution in [0, 0.1) is 5.92 Å². The quantitative estimate of drug-likeness (QED) is 0.734. The van der Waals surface area contributed by atoms with E-state index in [1.807, 2.05) is 6.07 Å². The van der Waals surface area contributed by atoms with Gasteiger partial charge in [-0.3, -0.25) is 9.89 Å².